The van der Waals surface area contributed by atoms with E-state index in [2.05, 4.69) is 5.16 Å². The van der Waals surface area contributed by atoms with E-state index in [1.165, 1.54) is 0 Å². The predicted molar refractivity (Wildman–Crippen MR) is 50.1 cm³/mol. The van der Waals surface area contributed by atoms with Crippen LogP contribution in [0.15, 0.2) is 35.5 Å². The summed E-state index contributed by atoms with van der Waals surface area (Å²) in [4.78, 5) is 0. The Morgan fingerprint density at radius 3 is 2.50 bits per heavy atom. The van der Waals surface area contributed by atoms with Crippen LogP contribution >= 0.6 is 11.6 Å². The number of hydrogen-bond donors (Lipinski definition) is 1. The number of oxime groups is 1. The largest absolute Gasteiger partial charge is 0.411 e. The van der Waals surface area contributed by atoms with Gasteiger partial charge < -0.3 is 5.21 Å². The number of hydrogen-bond acceptors (Lipinski definition) is 2. The van der Waals surface area contributed by atoms with Crippen molar-refractivity contribution in [3.8, 4) is 0 Å². The van der Waals surface area contributed by atoms with Crippen molar-refractivity contribution in [3.63, 3.8) is 0 Å². The topological polar surface area (TPSA) is 32.6 Å². The molecule has 0 bridgehead atoms. The van der Waals surface area contributed by atoms with Crippen molar-refractivity contribution in [1.29, 1.82) is 0 Å². The van der Waals surface area contributed by atoms with Gasteiger partial charge in [0.2, 0.25) is 0 Å². The molecule has 0 unspecified atom stereocenters. The van der Waals surface area contributed by atoms with E-state index in [1.54, 1.807) is 0 Å². The van der Waals surface area contributed by atoms with Gasteiger partial charge in [-0.15, -0.1) is 11.6 Å². The van der Waals surface area contributed by atoms with E-state index in [1.807, 2.05) is 30.3 Å². The molecule has 0 aliphatic carbocycles. The van der Waals surface area contributed by atoms with E-state index in [4.69, 9.17) is 16.8 Å². The van der Waals surface area contributed by atoms with Gasteiger partial charge in [0.15, 0.2) is 0 Å². The molecule has 1 aromatic rings. The van der Waals surface area contributed by atoms with Gasteiger partial charge in [0.25, 0.3) is 0 Å². The third-order valence-electron chi connectivity index (χ3n) is 1.55. The van der Waals surface area contributed by atoms with Gasteiger partial charge in [0, 0.05) is 6.42 Å². The van der Waals surface area contributed by atoms with E-state index in [0.29, 0.717) is 12.1 Å². The molecule has 2 nitrogen and oxygen atoms in total. The van der Waals surface area contributed by atoms with Gasteiger partial charge in [0.1, 0.15) is 0 Å². The maximum atomic E-state index is 8.49. The Bertz CT molecular complexity index is 258. The van der Waals surface area contributed by atoms with E-state index in [-0.39, 0.29) is 5.88 Å². The number of alkyl halides is 1. The number of nitrogens with zero attached hydrogens (tertiary/aromatic N) is 1. The number of benzene rings is 1. The summed E-state index contributed by atoms with van der Waals surface area (Å²) in [5.74, 6) is 0.269. The van der Waals surface area contributed by atoms with Crippen LogP contribution in [0.3, 0.4) is 0 Å². The molecule has 0 aliphatic rings. The highest BCUT2D eigenvalue weighted by atomic mass is 35.5. The lowest BCUT2D eigenvalue weighted by Crippen LogP contribution is -2.04. The van der Waals surface area contributed by atoms with E-state index < -0.39 is 0 Å². The molecule has 0 radical (unpaired) electrons. The van der Waals surface area contributed by atoms with Crippen molar-refractivity contribution in [2.24, 2.45) is 5.16 Å². The molecule has 0 atom stereocenters. The Hall–Kier alpha value is -1.02. The highest BCUT2D eigenvalue weighted by Crippen LogP contribution is 2.01. The second kappa shape index (κ2) is 4.78. The quantitative estimate of drug-likeness (QED) is 0.332. The van der Waals surface area contributed by atoms with Crippen LogP contribution in [0.25, 0.3) is 0 Å². The maximum Gasteiger partial charge on any atom is 0.0761 e. The smallest absolute Gasteiger partial charge is 0.0761 e. The zero-order valence-electron chi connectivity index (χ0n) is 6.57. The van der Waals surface area contributed by atoms with Crippen LogP contribution in [0.2, 0.25) is 0 Å². The van der Waals surface area contributed by atoms with Crippen LogP contribution in [0.4, 0.5) is 0 Å². The van der Waals surface area contributed by atoms with Crippen molar-refractivity contribution in [1.82, 2.24) is 0 Å². The molecule has 0 amide bonds. The zero-order chi connectivity index (χ0) is 8.81. The Kier molecular flexibility index (Phi) is 3.61. The fraction of sp³-hybridized carbons (Fsp3) is 0.222. The first-order valence-corrected chi connectivity index (χ1v) is 4.20. The fourth-order valence-electron chi connectivity index (χ4n) is 0.941. The summed E-state index contributed by atoms with van der Waals surface area (Å²) in [6.07, 6.45) is 0.612. The van der Waals surface area contributed by atoms with Crippen LogP contribution in [-0.4, -0.2) is 16.8 Å². The summed E-state index contributed by atoms with van der Waals surface area (Å²) in [5.41, 5.74) is 1.69. The number of rotatable bonds is 3. The SMILES string of the molecule is ON=C(CCl)Cc1ccccc1. The van der Waals surface area contributed by atoms with Crippen LogP contribution in [-0.2, 0) is 6.42 Å². The van der Waals surface area contributed by atoms with Gasteiger partial charge in [-0.25, -0.2) is 0 Å². The molecular weight excluding hydrogens is 174 g/mol. The van der Waals surface area contributed by atoms with Gasteiger partial charge in [-0.05, 0) is 5.56 Å². The Labute approximate surface area is 76.5 Å². The van der Waals surface area contributed by atoms with Crippen molar-refractivity contribution in [2.75, 3.05) is 5.88 Å². The molecule has 0 saturated carbocycles. The molecule has 0 aliphatic heterocycles. The molecule has 12 heavy (non-hydrogen) atoms. The summed E-state index contributed by atoms with van der Waals surface area (Å²) in [7, 11) is 0. The summed E-state index contributed by atoms with van der Waals surface area (Å²) in [6.45, 7) is 0. The summed E-state index contributed by atoms with van der Waals surface area (Å²) >= 11 is 5.53. The van der Waals surface area contributed by atoms with Gasteiger partial charge in [-0.3, -0.25) is 0 Å². The summed E-state index contributed by atoms with van der Waals surface area (Å²) in [5, 5.41) is 11.6. The minimum absolute atomic E-state index is 0.269. The molecule has 1 N–H and O–H groups in total. The molecule has 0 aromatic heterocycles. The first-order valence-electron chi connectivity index (χ1n) is 3.66. The standard InChI is InChI=1S/C9H10ClNO/c10-7-9(11-12)6-8-4-2-1-3-5-8/h1-5,12H,6-7H2. The number of halogens is 1. The molecular formula is C9H10ClNO. The first kappa shape index (κ1) is 9.07. The molecule has 1 aromatic carbocycles. The fourth-order valence-corrected chi connectivity index (χ4v) is 1.09. The highest BCUT2D eigenvalue weighted by Gasteiger charge is 1.98. The van der Waals surface area contributed by atoms with Crippen molar-refractivity contribution < 1.29 is 5.21 Å². The van der Waals surface area contributed by atoms with Crippen molar-refractivity contribution >= 4 is 17.3 Å². The Morgan fingerprint density at radius 1 is 1.33 bits per heavy atom. The zero-order valence-corrected chi connectivity index (χ0v) is 7.33. The van der Waals surface area contributed by atoms with Gasteiger partial charge in [0.05, 0.1) is 11.6 Å². The van der Waals surface area contributed by atoms with Gasteiger partial charge in [-0.1, -0.05) is 35.5 Å². The van der Waals surface area contributed by atoms with Gasteiger partial charge >= 0.3 is 0 Å². The minimum atomic E-state index is 0.269. The molecule has 3 heteroatoms. The first-order chi connectivity index (χ1) is 5.86. The van der Waals surface area contributed by atoms with Crippen LogP contribution in [0.1, 0.15) is 5.56 Å². The lowest BCUT2D eigenvalue weighted by atomic mass is 10.1. The third-order valence-corrected chi connectivity index (χ3v) is 1.86. The van der Waals surface area contributed by atoms with E-state index in [9.17, 15) is 0 Å². The average molecular weight is 184 g/mol. The normalized spacial score (nSPS) is 11.6. The van der Waals surface area contributed by atoms with E-state index in [0.717, 1.165) is 5.56 Å². The second-order valence-corrected chi connectivity index (χ2v) is 2.73. The molecule has 0 saturated heterocycles. The molecule has 0 spiro atoms. The van der Waals surface area contributed by atoms with E-state index >= 15 is 0 Å². The average Bonchev–Trinajstić information content (AvgIpc) is 2.16. The van der Waals surface area contributed by atoms with Crippen molar-refractivity contribution in [3.05, 3.63) is 35.9 Å². The molecule has 0 heterocycles. The highest BCUT2D eigenvalue weighted by molar-refractivity contribution is 6.28. The van der Waals surface area contributed by atoms with Gasteiger partial charge in [-0.2, -0.15) is 0 Å². The lowest BCUT2D eigenvalue weighted by Gasteiger charge is -1.99. The van der Waals surface area contributed by atoms with Crippen LogP contribution < -0.4 is 0 Å². The lowest BCUT2D eigenvalue weighted by molar-refractivity contribution is 0.318. The second-order valence-electron chi connectivity index (χ2n) is 2.46. The van der Waals surface area contributed by atoms with Crippen molar-refractivity contribution in [2.45, 2.75) is 6.42 Å². The Balaban J connectivity index is 2.64. The maximum absolute atomic E-state index is 8.49. The molecule has 0 fully saturated rings. The molecule has 64 valence electrons. The molecule has 1 rings (SSSR count). The monoisotopic (exact) mass is 183 g/mol. The minimum Gasteiger partial charge on any atom is -0.411 e. The summed E-state index contributed by atoms with van der Waals surface area (Å²) < 4.78 is 0. The predicted octanol–water partition coefficient (Wildman–Crippen LogP) is 2.30. The third kappa shape index (κ3) is 2.55. The summed E-state index contributed by atoms with van der Waals surface area (Å²) in [6, 6.07) is 9.77. The Morgan fingerprint density at radius 2 is 2.00 bits per heavy atom. The van der Waals surface area contributed by atoms with Crippen LogP contribution in [0.5, 0.6) is 0 Å². The van der Waals surface area contributed by atoms with Crippen LogP contribution in [0, 0.1) is 0 Å².